The zero-order valence-electron chi connectivity index (χ0n) is 15.7. The number of halogens is 1. The lowest BCUT2D eigenvalue weighted by molar-refractivity contribution is -0.128. The van der Waals surface area contributed by atoms with E-state index in [1.807, 2.05) is 36.4 Å². The van der Waals surface area contributed by atoms with Crippen LogP contribution < -0.4 is 5.32 Å². The molecule has 1 saturated heterocycles. The van der Waals surface area contributed by atoms with Gasteiger partial charge in [0.1, 0.15) is 12.7 Å². The van der Waals surface area contributed by atoms with Crippen molar-refractivity contribution in [1.29, 1.82) is 0 Å². The number of nitrogens with zero attached hydrogens (tertiary/aromatic N) is 4. The van der Waals surface area contributed by atoms with E-state index in [0.717, 1.165) is 11.1 Å². The fraction of sp³-hybridized carbons (Fsp3) is 0.238. The topological polar surface area (TPSA) is 80.1 Å². The Labute approximate surface area is 173 Å². The fourth-order valence-electron chi connectivity index (χ4n) is 3.35. The Kier molecular flexibility index (Phi) is 5.57. The van der Waals surface area contributed by atoms with Crippen LogP contribution in [0.2, 0.25) is 5.02 Å². The van der Waals surface area contributed by atoms with Crippen LogP contribution in [0, 0.1) is 5.92 Å². The summed E-state index contributed by atoms with van der Waals surface area (Å²) in [6, 6.07) is 15.0. The zero-order chi connectivity index (χ0) is 20.2. The predicted octanol–water partition coefficient (Wildman–Crippen LogP) is 2.97. The van der Waals surface area contributed by atoms with Crippen molar-refractivity contribution in [2.24, 2.45) is 5.92 Å². The molecule has 1 aliphatic heterocycles. The maximum Gasteiger partial charge on any atom is 0.229 e. The second-order valence-corrected chi connectivity index (χ2v) is 7.52. The molecule has 1 aromatic heterocycles. The third kappa shape index (κ3) is 4.81. The fourth-order valence-corrected chi connectivity index (χ4v) is 3.48. The van der Waals surface area contributed by atoms with Gasteiger partial charge in [-0.05, 0) is 35.4 Å². The van der Waals surface area contributed by atoms with Gasteiger partial charge in [0.2, 0.25) is 11.8 Å². The minimum atomic E-state index is -0.357. The van der Waals surface area contributed by atoms with Gasteiger partial charge in [-0.2, -0.15) is 5.10 Å². The normalized spacial score (nSPS) is 16.2. The molecule has 0 radical (unpaired) electrons. The number of amides is 2. The van der Waals surface area contributed by atoms with Crippen LogP contribution in [0.1, 0.15) is 17.5 Å². The van der Waals surface area contributed by atoms with Gasteiger partial charge in [0.15, 0.2) is 0 Å². The SMILES string of the molecule is O=C(Nc1ccc(Cn2cncn2)cc1)[C@@H]1CC(=O)N(Cc2ccc(Cl)cc2)C1. The van der Waals surface area contributed by atoms with E-state index in [1.54, 1.807) is 28.0 Å². The lowest BCUT2D eigenvalue weighted by Gasteiger charge is -2.17. The van der Waals surface area contributed by atoms with Crippen molar-refractivity contribution >= 4 is 29.1 Å². The number of aromatic nitrogens is 3. The number of anilines is 1. The molecule has 0 spiro atoms. The van der Waals surface area contributed by atoms with Gasteiger partial charge in [-0.25, -0.2) is 9.67 Å². The first-order valence-electron chi connectivity index (χ1n) is 9.31. The van der Waals surface area contributed by atoms with Crippen LogP contribution in [0.5, 0.6) is 0 Å². The number of nitrogens with one attached hydrogen (secondary N) is 1. The third-order valence-electron chi connectivity index (χ3n) is 4.90. The van der Waals surface area contributed by atoms with Crippen LogP contribution in [0.25, 0.3) is 0 Å². The van der Waals surface area contributed by atoms with E-state index in [-0.39, 0.29) is 24.2 Å². The molecule has 0 saturated carbocycles. The summed E-state index contributed by atoms with van der Waals surface area (Å²) < 4.78 is 1.73. The maximum absolute atomic E-state index is 12.6. The molecule has 8 heteroatoms. The molecule has 3 aromatic rings. The number of likely N-dealkylation sites (tertiary alicyclic amines) is 1. The molecule has 0 aliphatic carbocycles. The van der Waals surface area contributed by atoms with Gasteiger partial charge in [-0.3, -0.25) is 9.59 Å². The molecule has 2 amide bonds. The smallest absolute Gasteiger partial charge is 0.229 e. The van der Waals surface area contributed by atoms with Gasteiger partial charge in [0, 0.05) is 30.2 Å². The summed E-state index contributed by atoms with van der Waals surface area (Å²) in [5.74, 6) is -0.506. The molecule has 0 unspecified atom stereocenters. The van der Waals surface area contributed by atoms with Crippen LogP contribution >= 0.6 is 11.6 Å². The number of carbonyl (C=O) groups excluding carboxylic acids is 2. The second-order valence-electron chi connectivity index (χ2n) is 7.08. The molecule has 0 bridgehead atoms. The Hall–Kier alpha value is -3.19. The first-order valence-corrected chi connectivity index (χ1v) is 9.69. The molecule has 7 nitrogen and oxygen atoms in total. The molecule has 1 atom stereocenters. The van der Waals surface area contributed by atoms with E-state index >= 15 is 0 Å². The molecule has 2 heterocycles. The van der Waals surface area contributed by atoms with Crippen LogP contribution in [-0.2, 0) is 22.7 Å². The van der Waals surface area contributed by atoms with Crippen molar-refractivity contribution in [2.75, 3.05) is 11.9 Å². The highest BCUT2D eigenvalue weighted by Crippen LogP contribution is 2.23. The molecule has 148 valence electrons. The summed E-state index contributed by atoms with van der Waals surface area (Å²) in [6.45, 7) is 1.51. The Morgan fingerprint density at radius 3 is 2.45 bits per heavy atom. The lowest BCUT2D eigenvalue weighted by Crippen LogP contribution is -2.28. The molecule has 2 aromatic carbocycles. The minimum absolute atomic E-state index is 0.0109. The highest BCUT2D eigenvalue weighted by atomic mass is 35.5. The molecule has 1 fully saturated rings. The molecular formula is C21H20ClN5O2. The van der Waals surface area contributed by atoms with E-state index in [1.165, 1.54) is 6.33 Å². The summed E-state index contributed by atoms with van der Waals surface area (Å²) >= 11 is 5.90. The Morgan fingerprint density at radius 1 is 1.07 bits per heavy atom. The van der Waals surface area contributed by atoms with Crippen LogP contribution in [0.15, 0.2) is 61.2 Å². The van der Waals surface area contributed by atoms with Gasteiger partial charge in [-0.15, -0.1) is 0 Å². The standard InChI is InChI=1S/C21H20ClN5O2/c22-18-5-1-15(2-6-18)10-26-12-17(9-20(26)28)21(29)25-19-7-3-16(4-8-19)11-27-14-23-13-24-27/h1-8,13-14,17H,9-12H2,(H,25,29)/t17-/m1/s1. The summed E-state index contributed by atoms with van der Waals surface area (Å²) in [7, 11) is 0. The van der Waals surface area contributed by atoms with Crippen molar-refractivity contribution in [2.45, 2.75) is 19.5 Å². The average Bonchev–Trinajstić information content (AvgIpc) is 3.35. The minimum Gasteiger partial charge on any atom is -0.338 e. The van der Waals surface area contributed by atoms with Crippen molar-refractivity contribution in [3.05, 3.63) is 77.3 Å². The molecular weight excluding hydrogens is 390 g/mol. The number of benzene rings is 2. The lowest BCUT2D eigenvalue weighted by atomic mass is 10.1. The highest BCUT2D eigenvalue weighted by Gasteiger charge is 2.34. The third-order valence-corrected chi connectivity index (χ3v) is 5.16. The van der Waals surface area contributed by atoms with Gasteiger partial charge < -0.3 is 10.2 Å². The summed E-state index contributed by atoms with van der Waals surface area (Å²) in [5.41, 5.74) is 2.76. The first-order chi connectivity index (χ1) is 14.1. The van der Waals surface area contributed by atoms with E-state index < -0.39 is 0 Å². The number of rotatable bonds is 6. The quantitative estimate of drug-likeness (QED) is 0.678. The molecule has 1 N–H and O–H groups in total. The van der Waals surface area contributed by atoms with Gasteiger partial charge in [-0.1, -0.05) is 35.9 Å². The van der Waals surface area contributed by atoms with Gasteiger partial charge in [0.25, 0.3) is 0 Å². The monoisotopic (exact) mass is 409 g/mol. The van der Waals surface area contributed by atoms with E-state index in [4.69, 9.17) is 11.6 Å². The highest BCUT2D eigenvalue weighted by molar-refractivity contribution is 6.30. The number of hydrogen-bond donors (Lipinski definition) is 1. The Balaban J connectivity index is 1.32. The second kappa shape index (κ2) is 8.45. The van der Waals surface area contributed by atoms with Crippen LogP contribution in [-0.4, -0.2) is 38.0 Å². The predicted molar refractivity (Wildman–Crippen MR) is 109 cm³/mol. The van der Waals surface area contributed by atoms with Gasteiger partial charge >= 0.3 is 0 Å². The maximum atomic E-state index is 12.6. The average molecular weight is 410 g/mol. The summed E-state index contributed by atoms with van der Waals surface area (Å²) in [5, 5.41) is 7.65. The van der Waals surface area contributed by atoms with Crippen LogP contribution in [0.3, 0.4) is 0 Å². The number of carbonyl (C=O) groups is 2. The van der Waals surface area contributed by atoms with Crippen molar-refractivity contribution in [3.63, 3.8) is 0 Å². The molecule has 29 heavy (non-hydrogen) atoms. The van der Waals surface area contributed by atoms with Crippen molar-refractivity contribution in [1.82, 2.24) is 19.7 Å². The Morgan fingerprint density at radius 2 is 1.76 bits per heavy atom. The van der Waals surface area contributed by atoms with E-state index in [9.17, 15) is 9.59 Å². The largest absolute Gasteiger partial charge is 0.338 e. The summed E-state index contributed by atoms with van der Waals surface area (Å²) in [6.07, 6.45) is 3.38. The van der Waals surface area contributed by atoms with Crippen molar-refractivity contribution < 1.29 is 9.59 Å². The number of hydrogen-bond acceptors (Lipinski definition) is 4. The molecule has 4 rings (SSSR count). The molecule has 1 aliphatic rings. The zero-order valence-corrected chi connectivity index (χ0v) is 16.4. The van der Waals surface area contributed by atoms with Crippen molar-refractivity contribution in [3.8, 4) is 0 Å². The van der Waals surface area contributed by atoms with E-state index in [0.29, 0.717) is 30.3 Å². The first kappa shape index (κ1) is 19.1. The summed E-state index contributed by atoms with van der Waals surface area (Å²) in [4.78, 5) is 30.6. The Bertz CT molecular complexity index is 987. The van der Waals surface area contributed by atoms with Crippen LogP contribution in [0.4, 0.5) is 5.69 Å². The van der Waals surface area contributed by atoms with E-state index in [2.05, 4.69) is 15.4 Å². The van der Waals surface area contributed by atoms with Gasteiger partial charge in [0.05, 0.1) is 12.5 Å².